The highest BCUT2D eigenvalue weighted by Gasteiger charge is 2.38. The van der Waals surface area contributed by atoms with Crippen molar-refractivity contribution in [2.45, 2.75) is 45.6 Å². The lowest BCUT2D eigenvalue weighted by Gasteiger charge is -2.47. The van der Waals surface area contributed by atoms with Crippen molar-refractivity contribution in [2.24, 2.45) is 11.8 Å². The molecule has 0 saturated carbocycles. The quantitative estimate of drug-likeness (QED) is 0.749. The Morgan fingerprint density at radius 2 is 2.05 bits per heavy atom. The summed E-state index contributed by atoms with van der Waals surface area (Å²) in [6.07, 6.45) is 4.13. The van der Waals surface area contributed by atoms with Gasteiger partial charge in [0.05, 0.1) is 0 Å². The number of hydrogen-bond donors (Lipinski definition) is 0. The van der Waals surface area contributed by atoms with Crippen LogP contribution in [0.1, 0.15) is 39.5 Å². The van der Waals surface area contributed by atoms with Crippen LogP contribution in [0.5, 0.6) is 0 Å². The van der Waals surface area contributed by atoms with E-state index in [0.717, 1.165) is 44.8 Å². The van der Waals surface area contributed by atoms with E-state index in [1.165, 1.54) is 19.5 Å². The Hall–Kier alpha value is -0.610. The van der Waals surface area contributed by atoms with E-state index in [4.69, 9.17) is 0 Å². The van der Waals surface area contributed by atoms with Crippen LogP contribution in [-0.2, 0) is 4.79 Å². The van der Waals surface area contributed by atoms with E-state index in [9.17, 15) is 4.79 Å². The average Bonchev–Trinajstić information content (AvgIpc) is 2.40. The fraction of sp³-hybridized carbons (Fsp3) is 0.941. The third kappa shape index (κ3) is 4.68. The van der Waals surface area contributed by atoms with E-state index in [2.05, 4.69) is 42.6 Å². The van der Waals surface area contributed by atoms with Crippen molar-refractivity contribution < 1.29 is 4.79 Å². The first-order valence-corrected chi connectivity index (χ1v) is 8.64. The number of rotatable bonds is 6. The fourth-order valence-corrected chi connectivity index (χ4v) is 3.96. The van der Waals surface area contributed by atoms with Crippen molar-refractivity contribution in [3.05, 3.63) is 0 Å². The molecule has 2 atom stereocenters. The molecule has 21 heavy (non-hydrogen) atoms. The number of hydrogen-bond acceptors (Lipinski definition) is 3. The molecule has 2 rings (SSSR count). The van der Waals surface area contributed by atoms with Gasteiger partial charge in [0, 0.05) is 38.6 Å². The maximum absolute atomic E-state index is 12.3. The van der Waals surface area contributed by atoms with Crippen LogP contribution < -0.4 is 0 Å². The highest BCUT2D eigenvalue weighted by atomic mass is 16.2. The summed E-state index contributed by atoms with van der Waals surface area (Å²) in [4.78, 5) is 19.3. The summed E-state index contributed by atoms with van der Waals surface area (Å²) in [5.41, 5.74) is 0. The van der Waals surface area contributed by atoms with E-state index >= 15 is 0 Å². The summed E-state index contributed by atoms with van der Waals surface area (Å²) in [6, 6.07) is 0.511. The molecule has 4 heteroatoms. The van der Waals surface area contributed by atoms with E-state index in [1.54, 1.807) is 0 Å². The molecule has 2 saturated heterocycles. The SMILES string of the molecule is CC(C)CN1CC[C@H]2[C@H](CCC(=O)N2CCCN(C)C)C1. The van der Waals surface area contributed by atoms with Gasteiger partial charge in [-0.15, -0.1) is 0 Å². The fourth-order valence-electron chi connectivity index (χ4n) is 3.96. The molecule has 0 aromatic rings. The lowest BCUT2D eigenvalue weighted by atomic mass is 9.83. The zero-order valence-electron chi connectivity index (χ0n) is 14.3. The minimum atomic E-state index is 0.396. The van der Waals surface area contributed by atoms with Crippen molar-refractivity contribution in [3.63, 3.8) is 0 Å². The average molecular weight is 295 g/mol. The number of nitrogens with zero attached hydrogens (tertiary/aromatic N) is 3. The van der Waals surface area contributed by atoms with Crippen LogP contribution in [-0.4, -0.2) is 73.5 Å². The van der Waals surface area contributed by atoms with Crippen LogP contribution in [0.2, 0.25) is 0 Å². The van der Waals surface area contributed by atoms with Crippen molar-refractivity contribution in [1.29, 1.82) is 0 Å². The molecule has 2 fully saturated rings. The van der Waals surface area contributed by atoms with E-state index < -0.39 is 0 Å². The minimum absolute atomic E-state index is 0.396. The Labute approximate surface area is 130 Å². The topological polar surface area (TPSA) is 26.8 Å². The molecule has 0 unspecified atom stereocenters. The molecule has 0 spiro atoms. The summed E-state index contributed by atoms with van der Waals surface area (Å²) in [5.74, 6) is 1.84. The third-order valence-corrected chi connectivity index (χ3v) is 4.86. The molecule has 4 nitrogen and oxygen atoms in total. The van der Waals surface area contributed by atoms with Crippen LogP contribution in [0.15, 0.2) is 0 Å². The normalized spacial score (nSPS) is 27.5. The number of piperidine rings is 2. The van der Waals surface area contributed by atoms with Gasteiger partial charge in [0.15, 0.2) is 0 Å². The summed E-state index contributed by atoms with van der Waals surface area (Å²) in [5, 5.41) is 0. The summed E-state index contributed by atoms with van der Waals surface area (Å²) < 4.78 is 0. The first-order valence-electron chi connectivity index (χ1n) is 8.64. The molecule has 2 heterocycles. The Morgan fingerprint density at radius 3 is 2.71 bits per heavy atom. The Balaban J connectivity index is 1.89. The van der Waals surface area contributed by atoms with Crippen LogP contribution in [0.25, 0.3) is 0 Å². The molecule has 0 aliphatic carbocycles. The van der Waals surface area contributed by atoms with E-state index in [0.29, 0.717) is 17.9 Å². The largest absolute Gasteiger partial charge is 0.339 e. The van der Waals surface area contributed by atoms with Crippen LogP contribution >= 0.6 is 0 Å². The predicted molar refractivity (Wildman–Crippen MR) is 87.3 cm³/mol. The van der Waals surface area contributed by atoms with Gasteiger partial charge in [-0.25, -0.2) is 0 Å². The van der Waals surface area contributed by atoms with Gasteiger partial charge in [0.2, 0.25) is 5.91 Å². The highest BCUT2D eigenvalue weighted by Crippen LogP contribution is 2.31. The van der Waals surface area contributed by atoms with Crippen molar-refractivity contribution in [1.82, 2.24) is 14.7 Å². The molecular formula is C17H33N3O. The van der Waals surface area contributed by atoms with Crippen LogP contribution in [0.4, 0.5) is 0 Å². The van der Waals surface area contributed by atoms with Gasteiger partial charge in [-0.1, -0.05) is 13.8 Å². The first kappa shape index (κ1) is 16.8. The van der Waals surface area contributed by atoms with Gasteiger partial charge in [-0.05, 0) is 51.7 Å². The molecule has 0 radical (unpaired) electrons. The number of fused-ring (bicyclic) bond motifs is 1. The zero-order valence-corrected chi connectivity index (χ0v) is 14.3. The molecule has 2 aliphatic heterocycles. The van der Waals surface area contributed by atoms with Crippen LogP contribution in [0, 0.1) is 11.8 Å². The number of carbonyl (C=O) groups is 1. The Kier molecular flexibility index (Phi) is 6.06. The maximum atomic E-state index is 12.3. The van der Waals surface area contributed by atoms with Crippen molar-refractivity contribution >= 4 is 5.91 Å². The van der Waals surface area contributed by atoms with Crippen molar-refractivity contribution in [2.75, 3.05) is 46.8 Å². The minimum Gasteiger partial charge on any atom is -0.339 e. The second kappa shape index (κ2) is 7.59. The predicted octanol–water partition coefficient (Wildman–Crippen LogP) is 1.91. The summed E-state index contributed by atoms with van der Waals surface area (Å²) in [6.45, 7) is 10.2. The third-order valence-electron chi connectivity index (χ3n) is 4.86. The number of amides is 1. The molecule has 2 aliphatic rings. The second-order valence-electron chi connectivity index (χ2n) is 7.55. The molecular weight excluding hydrogens is 262 g/mol. The van der Waals surface area contributed by atoms with Gasteiger partial charge in [0.1, 0.15) is 0 Å². The lowest BCUT2D eigenvalue weighted by molar-refractivity contribution is -0.141. The molecule has 1 amide bonds. The summed E-state index contributed by atoms with van der Waals surface area (Å²) >= 11 is 0. The smallest absolute Gasteiger partial charge is 0.222 e. The Bertz CT molecular complexity index is 343. The van der Waals surface area contributed by atoms with Crippen LogP contribution in [0.3, 0.4) is 0 Å². The molecule has 0 aromatic carbocycles. The number of carbonyl (C=O) groups excluding carboxylic acids is 1. The standard InChI is InChI=1S/C17H33N3O/c1-14(2)12-19-11-8-16-15(13-19)6-7-17(21)20(16)10-5-9-18(3)4/h14-16H,5-13H2,1-4H3/t15-,16+/m1/s1. The molecule has 0 N–H and O–H groups in total. The maximum Gasteiger partial charge on any atom is 0.222 e. The Morgan fingerprint density at radius 1 is 1.29 bits per heavy atom. The highest BCUT2D eigenvalue weighted by molar-refractivity contribution is 5.77. The summed E-state index contributed by atoms with van der Waals surface area (Å²) in [7, 11) is 4.20. The molecule has 0 bridgehead atoms. The number of likely N-dealkylation sites (tertiary alicyclic amines) is 2. The monoisotopic (exact) mass is 295 g/mol. The van der Waals surface area contributed by atoms with Gasteiger partial charge in [-0.3, -0.25) is 4.79 Å². The second-order valence-corrected chi connectivity index (χ2v) is 7.55. The van der Waals surface area contributed by atoms with Gasteiger partial charge < -0.3 is 14.7 Å². The van der Waals surface area contributed by atoms with Gasteiger partial charge in [-0.2, -0.15) is 0 Å². The van der Waals surface area contributed by atoms with Gasteiger partial charge >= 0.3 is 0 Å². The van der Waals surface area contributed by atoms with E-state index in [1.807, 2.05) is 0 Å². The molecule has 122 valence electrons. The van der Waals surface area contributed by atoms with Gasteiger partial charge in [0.25, 0.3) is 0 Å². The first-order chi connectivity index (χ1) is 9.97. The zero-order chi connectivity index (χ0) is 15.4. The van der Waals surface area contributed by atoms with Crippen molar-refractivity contribution in [3.8, 4) is 0 Å². The van der Waals surface area contributed by atoms with E-state index in [-0.39, 0.29) is 0 Å². The lowest BCUT2D eigenvalue weighted by Crippen LogP contribution is -2.56. The molecule has 0 aromatic heterocycles.